The second kappa shape index (κ2) is 8.31. The fourth-order valence-corrected chi connectivity index (χ4v) is 4.93. The Morgan fingerprint density at radius 1 is 1.22 bits per heavy atom. The van der Waals surface area contributed by atoms with Gasteiger partial charge in [0.05, 0.1) is 12.0 Å². The van der Waals surface area contributed by atoms with Crippen LogP contribution in [0.4, 0.5) is 4.79 Å². The van der Waals surface area contributed by atoms with Gasteiger partial charge in [0.2, 0.25) is 0 Å². The highest BCUT2D eigenvalue weighted by atomic mass is 32.2. The number of hydrogen-bond acceptors (Lipinski definition) is 6. The smallest absolute Gasteiger partial charge is 0.407 e. The maximum atomic E-state index is 13.2. The van der Waals surface area contributed by atoms with Crippen LogP contribution in [-0.4, -0.2) is 62.0 Å². The van der Waals surface area contributed by atoms with Gasteiger partial charge in [0, 0.05) is 13.1 Å². The lowest BCUT2D eigenvalue weighted by atomic mass is 9.96. The van der Waals surface area contributed by atoms with Crippen LogP contribution in [0.3, 0.4) is 0 Å². The summed E-state index contributed by atoms with van der Waals surface area (Å²) in [5.74, 6) is 4.98. The van der Waals surface area contributed by atoms with E-state index < -0.39 is 26.6 Å². The summed E-state index contributed by atoms with van der Waals surface area (Å²) in [5.41, 5.74) is 0. The maximum Gasteiger partial charge on any atom is 0.407 e. The first-order valence-electron chi connectivity index (χ1n) is 8.22. The molecule has 9 heteroatoms. The van der Waals surface area contributed by atoms with E-state index in [1.54, 1.807) is 6.92 Å². The zero-order valence-corrected chi connectivity index (χ0v) is 15.9. The topological polar surface area (TPSA) is 110 Å². The van der Waals surface area contributed by atoms with Crippen LogP contribution in [0.1, 0.15) is 19.8 Å². The summed E-state index contributed by atoms with van der Waals surface area (Å²) < 4.78 is 34.8. The zero-order chi connectivity index (χ0) is 20.1. The van der Waals surface area contributed by atoms with Crippen molar-refractivity contribution in [1.82, 2.24) is 4.90 Å². The maximum absolute atomic E-state index is 13.2. The first-order chi connectivity index (χ1) is 12.8. The number of hydrogen-bond donors (Lipinski definition) is 1. The molecule has 1 saturated heterocycles. The average Bonchev–Trinajstić information content (AvgIpc) is 2.67. The summed E-state index contributed by atoms with van der Waals surface area (Å²) in [6.45, 7) is 1.72. The molecule has 1 N–H and O–H groups in total. The van der Waals surface area contributed by atoms with Gasteiger partial charge in [-0.2, -0.15) is 0 Å². The standard InChI is InChI=1S/C18H21NO7S/c1-3-4-13-26-14-5-7-15(8-6-14)27(23,24)18(16(20)25-2)9-11-19(12-10-18)17(21)22/h5-8H,9-13H2,1-2H3,(H,21,22). The van der Waals surface area contributed by atoms with Crippen LogP contribution < -0.4 is 4.74 Å². The fraction of sp³-hybridized carbons (Fsp3) is 0.444. The van der Waals surface area contributed by atoms with E-state index in [4.69, 9.17) is 14.6 Å². The Morgan fingerprint density at radius 2 is 1.81 bits per heavy atom. The minimum absolute atomic E-state index is 0.0504. The van der Waals surface area contributed by atoms with Crippen LogP contribution in [0.5, 0.6) is 5.75 Å². The number of rotatable bonds is 5. The molecule has 0 atom stereocenters. The van der Waals surface area contributed by atoms with Crippen molar-refractivity contribution in [1.29, 1.82) is 0 Å². The van der Waals surface area contributed by atoms with Crippen molar-refractivity contribution in [2.45, 2.75) is 29.4 Å². The van der Waals surface area contributed by atoms with Crippen molar-refractivity contribution in [2.24, 2.45) is 0 Å². The first kappa shape index (κ1) is 20.6. The third-order valence-corrected chi connectivity index (χ3v) is 7.03. The monoisotopic (exact) mass is 395 g/mol. The molecule has 1 aromatic rings. The highest BCUT2D eigenvalue weighted by Crippen LogP contribution is 2.37. The SMILES string of the molecule is CC#CCOc1ccc(S(=O)(=O)C2(C(=O)OC)CCN(C(=O)O)CC2)cc1. The Labute approximate surface area is 158 Å². The lowest BCUT2D eigenvalue weighted by Crippen LogP contribution is -2.55. The predicted octanol–water partition coefficient (Wildman–Crippen LogP) is 1.55. The molecule has 8 nitrogen and oxygen atoms in total. The number of esters is 1. The molecule has 27 heavy (non-hydrogen) atoms. The Hall–Kier alpha value is -2.73. The van der Waals surface area contributed by atoms with Crippen molar-refractivity contribution in [3.8, 4) is 17.6 Å². The molecule has 1 aromatic carbocycles. The minimum Gasteiger partial charge on any atom is -0.481 e. The van der Waals surface area contributed by atoms with Crippen LogP contribution in [0.15, 0.2) is 29.2 Å². The third kappa shape index (κ3) is 4.01. The van der Waals surface area contributed by atoms with E-state index in [1.165, 1.54) is 24.3 Å². The lowest BCUT2D eigenvalue weighted by Gasteiger charge is -2.37. The molecule has 0 radical (unpaired) electrons. The second-order valence-electron chi connectivity index (χ2n) is 5.95. The number of carbonyl (C=O) groups is 2. The summed E-state index contributed by atoms with van der Waals surface area (Å²) >= 11 is 0. The van der Waals surface area contributed by atoms with E-state index in [1.807, 2.05) is 0 Å². The van der Waals surface area contributed by atoms with Crippen molar-refractivity contribution in [2.75, 3.05) is 26.8 Å². The van der Waals surface area contributed by atoms with Crippen LogP contribution in [-0.2, 0) is 19.4 Å². The number of piperidine rings is 1. The van der Waals surface area contributed by atoms with E-state index in [9.17, 15) is 18.0 Å². The molecule has 1 amide bonds. The molecule has 0 aromatic heterocycles. The van der Waals surface area contributed by atoms with Crippen LogP contribution in [0.2, 0.25) is 0 Å². The molecule has 1 fully saturated rings. The van der Waals surface area contributed by atoms with Gasteiger partial charge in [0.1, 0.15) is 12.4 Å². The van der Waals surface area contributed by atoms with Gasteiger partial charge in [-0.25, -0.2) is 13.2 Å². The van der Waals surface area contributed by atoms with Crippen LogP contribution in [0, 0.1) is 11.8 Å². The Bertz CT molecular complexity index is 857. The summed E-state index contributed by atoms with van der Waals surface area (Å²) in [6, 6.07) is 5.69. The molecule has 2 rings (SSSR count). The number of sulfone groups is 1. The Kier molecular flexibility index (Phi) is 6.33. The number of carbonyl (C=O) groups excluding carboxylic acids is 1. The number of benzene rings is 1. The van der Waals surface area contributed by atoms with E-state index in [0.29, 0.717) is 5.75 Å². The number of likely N-dealkylation sites (tertiary alicyclic amines) is 1. The van der Waals surface area contributed by atoms with E-state index in [0.717, 1.165) is 12.0 Å². The summed E-state index contributed by atoms with van der Waals surface area (Å²) in [4.78, 5) is 24.6. The summed E-state index contributed by atoms with van der Waals surface area (Å²) in [5, 5.41) is 9.08. The third-order valence-electron chi connectivity index (χ3n) is 4.54. The average molecular weight is 395 g/mol. The van der Waals surface area contributed by atoms with E-state index >= 15 is 0 Å². The van der Waals surface area contributed by atoms with Crippen LogP contribution >= 0.6 is 0 Å². The molecular weight excluding hydrogens is 374 g/mol. The Balaban J connectivity index is 2.33. The van der Waals surface area contributed by atoms with Gasteiger partial charge < -0.3 is 19.5 Å². The molecule has 0 saturated carbocycles. The van der Waals surface area contributed by atoms with Crippen molar-refractivity contribution in [3.63, 3.8) is 0 Å². The van der Waals surface area contributed by atoms with E-state index in [-0.39, 0.29) is 37.4 Å². The molecular formula is C18H21NO7S. The molecule has 1 aliphatic heterocycles. The number of methoxy groups -OCH3 is 1. The molecule has 146 valence electrons. The van der Waals surface area contributed by atoms with Gasteiger partial charge >= 0.3 is 12.1 Å². The zero-order valence-electron chi connectivity index (χ0n) is 15.1. The molecule has 1 heterocycles. The largest absolute Gasteiger partial charge is 0.481 e. The molecule has 0 aliphatic carbocycles. The quantitative estimate of drug-likeness (QED) is 0.595. The summed E-state index contributed by atoms with van der Waals surface area (Å²) in [7, 11) is -2.98. The molecule has 0 unspecified atom stereocenters. The van der Waals surface area contributed by atoms with Gasteiger partial charge in [-0.15, -0.1) is 5.92 Å². The number of ether oxygens (including phenoxy) is 2. The lowest BCUT2D eigenvalue weighted by molar-refractivity contribution is -0.145. The van der Waals surface area contributed by atoms with Gasteiger partial charge in [-0.1, -0.05) is 5.92 Å². The Morgan fingerprint density at radius 3 is 2.30 bits per heavy atom. The molecule has 0 spiro atoms. The number of amides is 1. The fourth-order valence-electron chi connectivity index (χ4n) is 2.96. The first-order valence-corrected chi connectivity index (χ1v) is 9.70. The van der Waals surface area contributed by atoms with Gasteiger partial charge in [0.15, 0.2) is 14.6 Å². The predicted molar refractivity (Wildman–Crippen MR) is 96.2 cm³/mol. The van der Waals surface area contributed by atoms with Crippen molar-refractivity contribution in [3.05, 3.63) is 24.3 Å². The highest BCUT2D eigenvalue weighted by Gasteiger charge is 2.54. The van der Waals surface area contributed by atoms with Crippen molar-refractivity contribution < 1.29 is 32.6 Å². The number of carboxylic acid groups (broad SMARTS) is 1. The normalized spacial score (nSPS) is 16.0. The summed E-state index contributed by atoms with van der Waals surface area (Å²) in [6.07, 6.45) is -1.49. The molecule has 0 bridgehead atoms. The number of nitrogens with zero attached hydrogens (tertiary/aromatic N) is 1. The molecule has 1 aliphatic rings. The van der Waals surface area contributed by atoms with Gasteiger partial charge in [-0.3, -0.25) is 4.79 Å². The van der Waals surface area contributed by atoms with Gasteiger partial charge in [0.25, 0.3) is 0 Å². The van der Waals surface area contributed by atoms with Crippen LogP contribution in [0.25, 0.3) is 0 Å². The minimum atomic E-state index is -4.10. The van der Waals surface area contributed by atoms with Crippen molar-refractivity contribution >= 4 is 21.9 Å². The highest BCUT2D eigenvalue weighted by molar-refractivity contribution is 7.93. The van der Waals surface area contributed by atoms with Gasteiger partial charge in [-0.05, 0) is 44.0 Å². The van der Waals surface area contributed by atoms with E-state index in [2.05, 4.69) is 11.8 Å². The second-order valence-corrected chi connectivity index (χ2v) is 8.21.